The summed E-state index contributed by atoms with van der Waals surface area (Å²) in [5, 5.41) is 5.17. The summed E-state index contributed by atoms with van der Waals surface area (Å²) < 4.78 is 11.3. The zero-order valence-corrected chi connectivity index (χ0v) is 15.0. The van der Waals surface area contributed by atoms with Crippen molar-refractivity contribution >= 4 is 22.4 Å². The van der Waals surface area contributed by atoms with E-state index >= 15 is 0 Å². The van der Waals surface area contributed by atoms with Gasteiger partial charge in [0.25, 0.3) is 5.91 Å². The van der Waals surface area contributed by atoms with Gasteiger partial charge in [-0.15, -0.1) is 11.3 Å². The summed E-state index contributed by atoms with van der Waals surface area (Å²) >= 11 is 1.34. The van der Waals surface area contributed by atoms with Crippen molar-refractivity contribution < 1.29 is 13.6 Å². The molecule has 1 amide bonds. The molecular weight excluding hydrogens is 362 g/mol. The van der Waals surface area contributed by atoms with Crippen LogP contribution in [0.3, 0.4) is 0 Å². The fraction of sp³-hybridized carbons (Fsp3) is 0.150. The van der Waals surface area contributed by atoms with E-state index < -0.39 is 0 Å². The number of furan rings is 1. The van der Waals surface area contributed by atoms with E-state index in [9.17, 15) is 4.79 Å². The molecule has 27 heavy (non-hydrogen) atoms. The molecule has 1 aromatic carbocycles. The zero-order chi connectivity index (χ0) is 18.2. The summed E-state index contributed by atoms with van der Waals surface area (Å²) in [6.45, 7) is 0. The van der Waals surface area contributed by atoms with Gasteiger partial charge in [-0.05, 0) is 37.1 Å². The second kappa shape index (κ2) is 6.51. The Morgan fingerprint density at radius 2 is 1.96 bits per heavy atom. The smallest absolute Gasteiger partial charge is 0.279 e. The van der Waals surface area contributed by atoms with Crippen LogP contribution < -0.4 is 5.32 Å². The highest BCUT2D eigenvalue weighted by molar-refractivity contribution is 7.14. The molecule has 0 aliphatic heterocycles. The molecule has 0 spiro atoms. The molecule has 0 bridgehead atoms. The number of thiazole rings is 1. The standard InChI is InChI=1S/C20H15N3O3S/c24-18(23-20-21-14(11-27-20)15-7-4-10-25-15)16-17(12-8-9-12)26-19(22-16)13-5-2-1-3-6-13/h1-7,10-12H,8-9H2,(H,21,23,24). The molecular formula is C20H15N3O3S. The molecule has 4 aromatic rings. The van der Waals surface area contributed by atoms with Gasteiger partial charge in [0.05, 0.1) is 6.26 Å². The number of amides is 1. The van der Waals surface area contributed by atoms with E-state index in [2.05, 4.69) is 15.3 Å². The molecule has 6 nitrogen and oxygen atoms in total. The Morgan fingerprint density at radius 1 is 1.11 bits per heavy atom. The average molecular weight is 377 g/mol. The number of carbonyl (C=O) groups excluding carboxylic acids is 1. The molecule has 3 aromatic heterocycles. The van der Waals surface area contributed by atoms with Crippen LogP contribution in [0.2, 0.25) is 0 Å². The summed E-state index contributed by atoms with van der Waals surface area (Å²) in [5.74, 6) is 1.76. The van der Waals surface area contributed by atoms with Crippen LogP contribution in [0.1, 0.15) is 35.0 Å². The Hall–Kier alpha value is -3.19. The predicted molar refractivity (Wildman–Crippen MR) is 102 cm³/mol. The second-order valence-corrected chi connectivity index (χ2v) is 7.20. The van der Waals surface area contributed by atoms with E-state index in [0.717, 1.165) is 18.4 Å². The second-order valence-electron chi connectivity index (χ2n) is 6.34. The maximum Gasteiger partial charge on any atom is 0.279 e. The fourth-order valence-corrected chi connectivity index (χ4v) is 3.54. The first kappa shape index (κ1) is 16.0. The number of aromatic nitrogens is 2. The Bertz CT molecular complexity index is 1080. The molecule has 134 valence electrons. The average Bonchev–Trinajstić information content (AvgIpc) is 3.11. The van der Waals surface area contributed by atoms with Crippen LogP contribution in [0.5, 0.6) is 0 Å². The van der Waals surface area contributed by atoms with Crippen molar-refractivity contribution in [1.29, 1.82) is 0 Å². The first-order chi connectivity index (χ1) is 13.3. The largest absolute Gasteiger partial charge is 0.463 e. The molecule has 1 fully saturated rings. The number of hydrogen-bond acceptors (Lipinski definition) is 6. The van der Waals surface area contributed by atoms with Crippen molar-refractivity contribution in [2.75, 3.05) is 5.32 Å². The predicted octanol–water partition coefficient (Wildman–Crippen LogP) is 5.19. The monoisotopic (exact) mass is 377 g/mol. The van der Waals surface area contributed by atoms with Gasteiger partial charge < -0.3 is 8.83 Å². The lowest BCUT2D eigenvalue weighted by Gasteiger charge is -1.99. The van der Waals surface area contributed by atoms with E-state index in [1.54, 1.807) is 12.3 Å². The Labute approximate surface area is 158 Å². The third-order valence-corrected chi connectivity index (χ3v) is 5.09. The molecule has 1 saturated carbocycles. The number of nitrogens with zero attached hydrogens (tertiary/aromatic N) is 2. The number of oxazole rings is 1. The van der Waals surface area contributed by atoms with Crippen LogP contribution in [0.25, 0.3) is 22.9 Å². The highest BCUT2D eigenvalue weighted by Gasteiger charge is 2.34. The minimum atomic E-state index is -0.303. The summed E-state index contributed by atoms with van der Waals surface area (Å²) in [5.41, 5.74) is 1.88. The summed E-state index contributed by atoms with van der Waals surface area (Å²) in [4.78, 5) is 21.7. The van der Waals surface area contributed by atoms with E-state index in [-0.39, 0.29) is 11.8 Å². The number of rotatable bonds is 5. The summed E-state index contributed by atoms with van der Waals surface area (Å²) in [7, 11) is 0. The minimum Gasteiger partial charge on any atom is -0.463 e. The third-order valence-electron chi connectivity index (χ3n) is 4.34. The molecule has 0 atom stereocenters. The van der Waals surface area contributed by atoms with Crippen molar-refractivity contribution in [1.82, 2.24) is 9.97 Å². The topological polar surface area (TPSA) is 81.2 Å². The highest BCUT2D eigenvalue weighted by Crippen LogP contribution is 2.43. The van der Waals surface area contributed by atoms with E-state index in [4.69, 9.17) is 8.83 Å². The van der Waals surface area contributed by atoms with Crippen LogP contribution in [-0.2, 0) is 0 Å². The van der Waals surface area contributed by atoms with E-state index in [1.165, 1.54) is 11.3 Å². The lowest BCUT2D eigenvalue weighted by molar-refractivity contribution is 0.102. The van der Waals surface area contributed by atoms with Gasteiger partial charge >= 0.3 is 0 Å². The Balaban J connectivity index is 1.42. The van der Waals surface area contributed by atoms with Gasteiger partial charge in [0.15, 0.2) is 16.6 Å². The van der Waals surface area contributed by atoms with Gasteiger partial charge in [0, 0.05) is 16.9 Å². The molecule has 1 aliphatic carbocycles. The molecule has 7 heteroatoms. The maximum absolute atomic E-state index is 12.8. The molecule has 0 saturated heterocycles. The van der Waals surface area contributed by atoms with E-state index in [0.29, 0.717) is 33.9 Å². The lowest BCUT2D eigenvalue weighted by Crippen LogP contribution is -2.14. The van der Waals surface area contributed by atoms with Crippen LogP contribution >= 0.6 is 11.3 Å². The van der Waals surface area contributed by atoms with Crippen LogP contribution in [0.15, 0.2) is 62.9 Å². The summed E-state index contributed by atoms with van der Waals surface area (Å²) in [6, 6.07) is 13.2. The number of nitrogens with one attached hydrogen (secondary N) is 1. The molecule has 1 aliphatic rings. The van der Waals surface area contributed by atoms with Crippen molar-refractivity contribution in [3.63, 3.8) is 0 Å². The molecule has 0 radical (unpaired) electrons. The van der Waals surface area contributed by atoms with E-state index in [1.807, 2.05) is 41.8 Å². The van der Waals surface area contributed by atoms with Crippen LogP contribution in [0.4, 0.5) is 5.13 Å². The lowest BCUT2D eigenvalue weighted by atomic mass is 10.2. The number of anilines is 1. The first-order valence-corrected chi connectivity index (χ1v) is 9.53. The van der Waals surface area contributed by atoms with Crippen LogP contribution in [-0.4, -0.2) is 15.9 Å². The highest BCUT2D eigenvalue weighted by atomic mass is 32.1. The SMILES string of the molecule is O=C(Nc1nc(-c2ccco2)cs1)c1nc(-c2ccccc2)oc1C1CC1. The Morgan fingerprint density at radius 3 is 2.70 bits per heavy atom. The minimum absolute atomic E-state index is 0.269. The number of hydrogen-bond donors (Lipinski definition) is 1. The number of benzene rings is 1. The first-order valence-electron chi connectivity index (χ1n) is 8.65. The van der Waals surface area contributed by atoms with Gasteiger partial charge in [0.2, 0.25) is 5.89 Å². The van der Waals surface area contributed by atoms with Crippen molar-refractivity contribution in [2.24, 2.45) is 0 Å². The summed E-state index contributed by atoms with van der Waals surface area (Å²) in [6.07, 6.45) is 3.63. The normalized spacial score (nSPS) is 13.6. The zero-order valence-electron chi connectivity index (χ0n) is 14.2. The van der Waals surface area contributed by atoms with Gasteiger partial charge in [-0.25, -0.2) is 9.97 Å². The quantitative estimate of drug-likeness (QED) is 0.518. The molecule has 5 rings (SSSR count). The van der Waals surface area contributed by atoms with Crippen LogP contribution in [0, 0.1) is 0 Å². The van der Waals surface area contributed by atoms with Gasteiger partial charge in [0.1, 0.15) is 11.5 Å². The van der Waals surface area contributed by atoms with Crippen molar-refractivity contribution in [2.45, 2.75) is 18.8 Å². The molecule has 1 N–H and O–H groups in total. The fourth-order valence-electron chi connectivity index (χ4n) is 2.85. The number of carbonyl (C=O) groups is 1. The maximum atomic E-state index is 12.8. The van der Waals surface area contributed by atoms with Gasteiger partial charge in [-0.3, -0.25) is 10.1 Å². The Kier molecular flexibility index (Phi) is 3.86. The molecule has 3 heterocycles. The van der Waals surface area contributed by atoms with Crippen molar-refractivity contribution in [3.8, 4) is 22.9 Å². The third kappa shape index (κ3) is 3.17. The van der Waals surface area contributed by atoms with Gasteiger partial charge in [-0.2, -0.15) is 0 Å². The molecule has 0 unspecified atom stereocenters. The van der Waals surface area contributed by atoms with Crippen molar-refractivity contribution in [3.05, 3.63) is 65.6 Å². The van der Waals surface area contributed by atoms with Gasteiger partial charge in [-0.1, -0.05) is 18.2 Å².